The summed E-state index contributed by atoms with van der Waals surface area (Å²) in [6.07, 6.45) is 0. The van der Waals surface area contributed by atoms with Crippen LogP contribution in [0.1, 0.15) is 10.4 Å². The zero-order valence-corrected chi connectivity index (χ0v) is 14.2. The van der Waals surface area contributed by atoms with E-state index in [9.17, 15) is 9.59 Å². The van der Waals surface area contributed by atoms with Gasteiger partial charge in [-0.2, -0.15) is 0 Å². The first-order valence-electron chi connectivity index (χ1n) is 7.24. The molecule has 1 aliphatic heterocycles. The van der Waals surface area contributed by atoms with Gasteiger partial charge in [0, 0.05) is 10.2 Å². The average molecular weight is 392 g/mol. The van der Waals surface area contributed by atoms with Gasteiger partial charge in [-0.3, -0.25) is 4.79 Å². The molecule has 0 fully saturated rings. The molecule has 0 atom stereocenters. The van der Waals surface area contributed by atoms with E-state index in [-0.39, 0.29) is 6.61 Å². The van der Waals surface area contributed by atoms with Gasteiger partial charge >= 0.3 is 5.97 Å². The predicted octanol–water partition coefficient (Wildman–Crippen LogP) is 3.02. The first kappa shape index (κ1) is 16.3. The van der Waals surface area contributed by atoms with Crippen LogP contribution >= 0.6 is 15.9 Å². The molecule has 124 valence electrons. The summed E-state index contributed by atoms with van der Waals surface area (Å²) in [5.41, 5.74) is 0.925. The molecular formula is C17H14BrNO5. The molecule has 0 saturated carbocycles. The molecule has 7 heteroatoms. The zero-order valence-electron chi connectivity index (χ0n) is 12.6. The molecular weight excluding hydrogens is 378 g/mol. The average Bonchev–Trinajstić information content (AvgIpc) is 2.61. The minimum absolute atomic E-state index is 0.302. The number of carbonyl (C=O) groups is 2. The molecule has 1 N–H and O–H groups in total. The van der Waals surface area contributed by atoms with Crippen LogP contribution in [0.3, 0.4) is 0 Å². The predicted molar refractivity (Wildman–Crippen MR) is 90.5 cm³/mol. The summed E-state index contributed by atoms with van der Waals surface area (Å²) in [6.45, 7) is 0.539. The van der Waals surface area contributed by atoms with E-state index in [0.29, 0.717) is 36.0 Å². The molecule has 0 unspecified atom stereocenters. The number of halogens is 1. The van der Waals surface area contributed by atoms with E-state index < -0.39 is 11.9 Å². The van der Waals surface area contributed by atoms with Gasteiger partial charge in [0.15, 0.2) is 18.1 Å². The standard InChI is InChI=1S/C17H14BrNO5/c18-12-2-4-13(5-3-12)19-16(20)10-24-17(21)11-1-6-14-15(9-11)23-8-7-22-14/h1-6,9H,7-8,10H2,(H,19,20). The van der Waals surface area contributed by atoms with Crippen molar-refractivity contribution < 1.29 is 23.8 Å². The van der Waals surface area contributed by atoms with Gasteiger partial charge in [0.05, 0.1) is 5.56 Å². The molecule has 0 aliphatic carbocycles. The Kier molecular flexibility index (Phi) is 5.00. The van der Waals surface area contributed by atoms with Crippen molar-refractivity contribution in [3.63, 3.8) is 0 Å². The number of ether oxygens (including phenoxy) is 3. The van der Waals surface area contributed by atoms with E-state index in [0.717, 1.165) is 4.47 Å². The third-order valence-corrected chi connectivity index (χ3v) is 3.77. The molecule has 1 aliphatic rings. The van der Waals surface area contributed by atoms with Crippen LogP contribution in [0.5, 0.6) is 11.5 Å². The topological polar surface area (TPSA) is 73.9 Å². The normalized spacial score (nSPS) is 12.4. The van der Waals surface area contributed by atoms with Crippen LogP contribution < -0.4 is 14.8 Å². The number of nitrogens with one attached hydrogen (secondary N) is 1. The maximum absolute atomic E-state index is 12.0. The number of hydrogen-bond donors (Lipinski definition) is 1. The van der Waals surface area contributed by atoms with Crippen LogP contribution in [-0.4, -0.2) is 31.7 Å². The molecule has 0 radical (unpaired) electrons. The van der Waals surface area contributed by atoms with Crippen LogP contribution in [0.25, 0.3) is 0 Å². The lowest BCUT2D eigenvalue weighted by atomic mass is 10.2. The van der Waals surface area contributed by atoms with E-state index in [1.54, 1.807) is 42.5 Å². The van der Waals surface area contributed by atoms with Crippen molar-refractivity contribution in [1.29, 1.82) is 0 Å². The fraction of sp³-hybridized carbons (Fsp3) is 0.176. The van der Waals surface area contributed by atoms with Crippen LogP contribution in [0.4, 0.5) is 5.69 Å². The maximum atomic E-state index is 12.0. The van der Waals surface area contributed by atoms with Gasteiger partial charge in [0.25, 0.3) is 5.91 Å². The number of fused-ring (bicyclic) bond motifs is 1. The Labute approximate surface area is 146 Å². The Morgan fingerprint density at radius 1 is 1.04 bits per heavy atom. The number of carbonyl (C=O) groups excluding carboxylic acids is 2. The molecule has 3 rings (SSSR count). The van der Waals surface area contributed by atoms with E-state index in [2.05, 4.69) is 21.2 Å². The summed E-state index contributed by atoms with van der Waals surface area (Å²) in [6, 6.07) is 11.8. The molecule has 6 nitrogen and oxygen atoms in total. The smallest absolute Gasteiger partial charge is 0.338 e. The third kappa shape index (κ3) is 4.05. The van der Waals surface area contributed by atoms with Crippen LogP contribution in [0, 0.1) is 0 Å². The zero-order chi connectivity index (χ0) is 16.9. The lowest BCUT2D eigenvalue weighted by molar-refractivity contribution is -0.119. The second kappa shape index (κ2) is 7.35. The summed E-state index contributed by atoms with van der Waals surface area (Å²) in [7, 11) is 0. The number of anilines is 1. The van der Waals surface area contributed by atoms with Crippen molar-refractivity contribution in [1.82, 2.24) is 0 Å². The Bertz CT molecular complexity index is 760. The fourth-order valence-electron chi connectivity index (χ4n) is 2.12. The molecule has 1 heterocycles. The Morgan fingerprint density at radius 3 is 2.50 bits per heavy atom. The van der Waals surface area contributed by atoms with E-state index >= 15 is 0 Å². The Balaban J connectivity index is 1.55. The van der Waals surface area contributed by atoms with Crippen molar-refractivity contribution in [2.24, 2.45) is 0 Å². The molecule has 2 aromatic rings. The van der Waals surface area contributed by atoms with Crippen molar-refractivity contribution in [2.75, 3.05) is 25.1 Å². The molecule has 2 aromatic carbocycles. The lowest BCUT2D eigenvalue weighted by Gasteiger charge is -2.18. The van der Waals surface area contributed by atoms with Crippen molar-refractivity contribution in [3.05, 3.63) is 52.5 Å². The lowest BCUT2D eigenvalue weighted by Crippen LogP contribution is -2.21. The number of amides is 1. The quantitative estimate of drug-likeness (QED) is 0.810. The number of esters is 1. The monoisotopic (exact) mass is 391 g/mol. The highest BCUT2D eigenvalue weighted by Gasteiger charge is 2.16. The van der Waals surface area contributed by atoms with E-state index in [1.165, 1.54) is 0 Å². The number of rotatable bonds is 4. The summed E-state index contributed by atoms with van der Waals surface area (Å²) in [5, 5.41) is 2.64. The van der Waals surface area contributed by atoms with Crippen LogP contribution in [-0.2, 0) is 9.53 Å². The Morgan fingerprint density at radius 2 is 1.75 bits per heavy atom. The molecule has 0 saturated heterocycles. The molecule has 24 heavy (non-hydrogen) atoms. The van der Waals surface area contributed by atoms with Crippen LogP contribution in [0.15, 0.2) is 46.9 Å². The summed E-state index contributed by atoms with van der Waals surface area (Å²) >= 11 is 3.31. The van der Waals surface area contributed by atoms with Gasteiger partial charge in [-0.15, -0.1) is 0 Å². The fourth-order valence-corrected chi connectivity index (χ4v) is 2.38. The number of benzene rings is 2. The van der Waals surface area contributed by atoms with E-state index in [1.807, 2.05) is 0 Å². The molecule has 0 bridgehead atoms. The van der Waals surface area contributed by atoms with Crippen LogP contribution in [0.2, 0.25) is 0 Å². The van der Waals surface area contributed by atoms with Gasteiger partial charge in [0.1, 0.15) is 13.2 Å². The van der Waals surface area contributed by atoms with Crippen molar-refractivity contribution >= 4 is 33.5 Å². The number of hydrogen-bond acceptors (Lipinski definition) is 5. The second-order valence-corrected chi connectivity index (χ2v) is 5.91. The minimum Gasteiger partial charge on any atom is -0.486 e. The third-order valence-electron chi connectivity index (χ3n) is 3.24. The van der Waals surface area contributed by atoms with Gasteiger partial charge < -0.3 is 19.5 Å². The molecule has 0 aromatic heterocycles. The first-order valence-corrected chi connectivity index (χ1v) is 8.03. The molecule has 0 spiro atoms. The molecule has 1 amide bonds. The highest BCUT2D eigenvalue weighted by Crippen LogP contribution is 2.30. The maximum Gasteiger partial charge on any atom is 0.338 e. The summed E-state index contributed by atoms with van der Waals surface area (Å²) < 4.78 is 16.7. The summed E-state index contributed by atoms with van der Waals surface area (Å²) in [5.74, 6) is 0.0712. The second-order valence-electron chi connectivity index (χ2n) is 4.99. The minimum atomic E-state index is -0.599. The van der Waals surface area contributed by atoms with E-state index in [4.69, 9.17) is 14.2 Å². The van der Waals surface area contributed by atoms with Gasteiger partial charge in [-0.1, -0.05) is 15.9 Å². The SMILES string of the molecule is O=C(COC(=O)c1ccc2c(c1)OCCO2)Nc1ccc(Br)cc1. The highest BCUT2D eigenvalue weighted by atomic mass is 79.9. The van der Waals surface area contributed by atoms with Gasteiger partial charge in [0.2, 0.25) is 0 Å². The summed E-state index contributed by atoms with van der Waals surface area (Å²) in [4.78, 5) is 23.8. The first-order chi connectivity index (χ1) is 11.6. The van der Waals surface area contributed by atoms with Crippen molar-refractivity contribution in [2.45, 2.75) is 0 Å². The Hall–Kier alpha value is -2.54. The highest BCUT2D eigenvalue weighted by molar-refractivity contribution is 9.10. The van der Waals surface area contributed by atoms with Gasteiger partial charge in [-0.05, 0) is 42.5 Å². The van der Waals surface area contributed by atoms with Gasteiger partial charge in [-0.25, -0.2) is 4.79 Å². The van der Waals surface area contributed by atoms with Crippen molar-refractivity contribution in [3.8, 4) is 11.5 Å². The largest absolute Gasteiger partial charge is 0.486 e.